The van der Waals surface area contributed by atoms with Gasteiger partial charge in [0.05, 0.1) is 13.2 Å². The fourth-order valence-electron chi connectivity index (χ4n) is 5.03. The average molecular weight is 579 g/mol. The molecule has 1 amide bonds. The molecule has 4 rings (SSSR count). The highest BCUT2D eigenvalue weighted by atomic mass is 19.1. The number of pyridine rings is 1. The van der Waals surface area contributed by atoms with Gasteiger partial charge >= 0.3 is 11.9 Å². The summed E-state index contributed by atoms with van der Waals surface area (Å²) in [5.74, 6) is -2.57. The molecule has 1 saturated heterocycles. The number of rotatable bonds is 9. The Morgan fingerprint density at radius 2 is 1.81 bits per heavy atom. The summed E-state index contributed by atoms with van der Waals surface area (Å²) in [5, 5.41) is 2.66. The van der Waals surface area contributed by atoms with Gasteiger partial charge in [0.1, 0.15) is 18.0 Å². The Bertz CT molecular complexity index is 1370. The van der Waals surface area contributed by atoms with Crippen LogP contribution in [-0.2, 0) is 31.9 Å². The molecule has 0 unspecified atom stereocenters. The summed E-state index contributed by atoms with van der Waals surface area (Å²) in [6, 6.07) is 16.7. The van der Waals surface area contributed by atoms with Gasteiger partial charge in [-0.3, -0.25) is 9.59 Å². The smallest absolute Gasteiger partial charge is 0.329 e. The molecule has 0 saturated carbocycles. The van der Waals surface area contributed by atoms with Crippen molar-refractivity contribution in [2.24, 2.45) is 5.92 Å². The molecule has 0 radical (unpaired) electrons. The molecule has 1 N–H and O–H groups in total. The van der Waals surface area contributed by atoms with E-state index < -0.39 is 30.0 Å². The number of aryl methyl sites for hydroxylation is 1. The Kier molecular flexibility index (Phi) is 10.6. The van der Waals surface area contributed by atoms with Crippen LogP contribution < -0.4 is 14.8 Å². The van der Waals surface area contributed by atoms with E-state index in [1.165, 1.54) is 38.4 Å². The van der Waals surface area contributed by atoms with Gasteiger partial charge in [0.15, 0.2) is 11.4 Å². The Morgan fingerprint density at radius 3 is 2.50 bits per heavy atom. The molecule has 0 spiro atoms. The number of hydrogen-bond donors (Lipinski definition) is 1. The third kappa shape index (κ3) is 8.13. The number of aromatic nitrogens is 1. The van der Waals surface area contributed by atoms with E-state index in [-0.39, 0.29) is 48.1 Å². The molecular weight excluding hydrogens is 543 g/mol. The van der Waals surface area contributed by atoms with Crippen LogP contribution in [0.5, 0.6) is 11.5 Å². The first-order valence-corrected chi connectivity index (χ1v) is 13.9. The first kappa shape index (κ1) is 30.6. The number of methoxy groups -OCH3 is 1. The molecule has 3 aromatic rings. The van der Waals surface area contributed by atoms with Crippen molar-refractivity contribution in [3.8, 4) is 11.5 Å². The van der Waals surface area contributed by atoms with E-state index in [0.717, 1.165) is 17.5 Å². The first-order chi connectivity index (χ1) is 20.2. The van der Waals surface area contributed by atoms with Gasteiger partial charge in [0.25, 0.3) is 5.91 Å². The van der Waals surface area contributed by atoms with Gasteiger partial charge in [0.2, 0.25) is 5.75 Å². The van der Waals surface area contributed by atoms with Gasteiger partial charge in [-0.1, -0.05) is 42.5 Å². The van der Waals surface area contributed by atoms with Crippen molar-refractivity contribution in [1.82, 2.24) is 10.3 Å². The minimum Gasteiger partial charge on any atom is -0.493 e. The highest BCUT2D eigenvalue weighted by molar-refractivity contribution is 5.98. The van der Waals surface area contributed by atoms with Crippen LogP contribution in [0.4, 0.5) is 4.39 Å². The van der Waals surface area contributed by atoms with Crippen molar-refractivity contribution in [2.45, 2.75) is 57.8 Å². The minimum absolute atomic E-state index is 0.143. The molecule has 222 valence electrons. The van der Waals surface area contributed by atoms with Crippen LogP contribution in [0.15, 0.2) is 66.9 Å². The molecule has 4 atom stereocenters. The van der Waals surface area contributed by atoms with Crippen molar-refractivity contribution < 1.29 is 37.7 Å². The maximum atomic E-state index is 13.6. The standard InChI is InChI=1S/C32H35FN2O7/c1-20-25(19-23-9-12-24(33)13-10-23)27(14-11-22-7-5-4-6-8-22)40-18-16-26(32(38)41-20)35-31(37)29-30(42-21(2)36)28(39-3)15-17-34-29/h4-10,12-13,15,17,20,25-27H,11,14,16,18-19H2,1-3H3,(H,35,37)/t20-,25-,26-,27+/m0/s1. The zero-order valence-electron chi connectivity index (χ0n) is 23.9. The third-order valence-electron chi connectivity index (χ3n) is 7.21. The van der Waals surface area contributed by atoms with Crippen LogP contribution in [0.1, 0.15) is 48.3 Å². The molecule has 9 nitrogen and oxygen atoms in total. The third-order valence-corrected chi connectivity index (χ3v) is 7.21. The van der Waals surface area contributed by atoms with E-state index in [9.17, 15) is 18.8 Å². The topological polar surface area (TPSA) is 113 Å². The number of hydrogen-bond acceptors (Lipinski definition) is 8. The first-order valence-electron chi connectivity index (χ1n) is 13.9. The van der Waals surface area contributed by atoms with Gasteiger partial charge in [-0.25, -0.2) is 14.2 Å². The number of amides is 1. The lowest BCUT2D eigenvalue weighted by Gasteiger charge is -2.31. The SMILES string of the molecule is COc1ccnc(C(=O)N[C@H]2CCO[C@H](CCc3ccccc3)[C@@H](Cc3ccc(F)cc3)[C@H](C)OC2=O)c1OC(C)=O. The van der Waals surface area contributed by atoms with Crippen molar-refractivity contribution in [3.05, 3.63) is 89.5 Å². The van der Waals surface area contributed by atoms with Gasteiger partial charge in [-0.15, -0.1) is 0 Å². The second-order valence-electron chi connectivity index (χ2n) is 10.2. The molecule has 0 aliphatic carbocycles. The number of nitrogens with one attached hydrogen (secondary N) is 1. The Balaban J connectivity index is 1.54. The number of benzene rings is 2. The van der Waals surface area contributed by atoms with Crippen molar-refractivity contribution in [3.63, 3.8) is 0 Å². The summed E-state index contributed by atoms with van der Waals surface area (Å²) in [5.41, 5.74) is 1.84. The molecular formula is C32H35FN2O7. The summed E-state index contributed by atoms with van der Waals surface area (Å²) in [6.07, 6.45) is 2.57. The van der Waals surface area contributed by atoms with E-state index >= 15 is 0 Å². The van der Waals surface area contributed by atoms with E-state index in [1.807, 2.05) is 18.2 Å². The normalized spacial score (nSPS) is 20.8. The lowest BCUT2D eigenvalue weighted by Crippen LogP contribution is -2.44. The highest BCUT2D eigenvalue weighted by Crippen LogP contribution is 2.30. The van der Waals surface area contributed by atoms with Crippen molar-refractivity contribution in [1.29, 1.82) is 0 Å². The van der Waals surface area contributed by atoms with E-state index in [2.05, 4.69) is 22.4 Å². The summed E-state index contributed by atoms with van der Waals surface area (Å²) in [6.45, 7) is 3.17. The van der Waals surface area contributed by atoms with E-state index in [0.29, 0.717) is 12.8 Å². The molecule has 1 aliphatic heterocycles. The predicted molar refractivity (Wildman–Crippen MR) is 152 cm³/mol. The Morgan fingerprint density at radius 1 is 1.07 bits per heavy atom. The van der Waals surface area contributed by atoms with E-state index in [1.54, 1.807) is 19.1 Å². The van der Waals surface area contributed by atoms with Crippen molar-refractivity contribution >= 4 is 17.8 Å². The number of ether oxygens (including phenoxy) is 4. The monoisotopic (exact) mass is 578 g/mol. The second kappa shape index (κ2) is 14.5. The quantitative estimate of drug-likeness (QED) is 0.370. The molecule has 2 heterocycles. The Labute approximate surface area is 244 Å². The molecule has 1 fully saturated rings. The molecule has 2 aromatic carbocycles. The lowest BCUT2D eigenvalue weighted by atomic mass is 9.86. The van der Waals surface area contributed by atoms with Gasteiger partial charge in [0, 0.05) is 38.1 Å². The zero-order chi connectivity index (χ0) is 30.1. The number of cyclic esters (lactones) is 1. The van der Waals surface area contributed by atoms with Gasteiger partial charge in [-0.05, 0) is 49.4 Å². The van der Waals surface area contributed by atoms with Crippen LogP contribution in [-0.4, -0.2) is 54.8 Å². The minimum atomic E-state index is -1.04. The summed E-state index contributed by atoms with van der Waals surface area (Å²) in [4.78, 5) is 42.3. The maximum absolute atomic E-state index is 13.6. The van der Waals surface area contributed by atoms with Crippen LogP contribution in [0.25, 0.3) is 0 Å². The van der Waals surface area contributed by atoms with Gasteiger partial charge < -0.3 is 24.3 Å². The number of nitrogens with zero attached hydrogens (tertiary/aromatic N) is 1. The van der Waals surface area contributed by atoms with Crippen molar-refractivity contribution in [2.75, 3.05) is 13.7 Å². The number of halogens is 1. The van der Waals surface area contributed by atoms with Gasteiger partial charge in [-0.2, -0.15) is 0 Å². The summed E-state index contributed by atoms with van der Waals surface area (Å²) < 4.78 is 36.3. The molecule has 10 heteroatoms. The number of carbonyl (C=O) groups is 3. The lowest BCUT2D eigenvalue weighted by molar-refractivity contribution is -0.154. The maximum Gasteiger partial charge on any atom is 0.329 e. The van der Waals surface area contributed by atoms with Crippen LogP contribution in [0, 0.1) is 11.7 Å². The average Bonchev–Trinajstić information content (AvgIpc) is 3.02. The van der Waals surface area contributed by atoms with E-state index in [4.69, 9.17) is 18.9 Å². The van der Waals surface area contributed by atoms with Crippen LogP contribution >= 0.6 is 0 Å². The number of carbonyl (C=O) groups excluding carboxylic acids is 3. The zero-order valence-corrected chi connectivity index (χ0v) is 23.9. The van der Waals surface area contributed by atoms with Crippen LogP contribution in [0.2, 0.25) is 0 Å². The largest absolute Gasteiger partial charge is 0.493 e. The predicted octanol–water partition coefficient (Wildman–Crippen LogP) is 4.47. The highest BCUT2D eigenvalue weighted by Gasteiger charge is 2.35. The molecule has 0 bridgehead atoms. The number of esters is 2. The van der Waals surface area contributed by atoms with Crippen LogP contribution in [0.3, 0.4) is 0 Å². The Hall–Kier alpha value is -4.31. The molecule has 1 aliphatic rings. The second-order valence-corrected chi connectivity index (χ2v) is 10.2. The summed E-state index contributed by atoms with van der Waals surface area (Å²) >= 11 is 0. The molecule has 42 heavy (non-hydrogen) atoms. The fraction of sp³-hybridized carbons (Fsp3) is 0.375. The fourth-order valence-corrected chi connectivity index (χ4v) is 5.03. The summed E-state index contributed by atoms with van der Waals surface area (Å²) in [7, 11) is 1.37. The molecule has 1 aromatic heterocycles.